The number of benzene rings is 3. The fourth-order valence-electron chi connectivity index (χ4n) is 2.96. The number of anilines is 1. The molecule has 3 aromatic rings. The van der Waals surface area contributed by atoms with Gasteiger partial charge in [-0.2, -0.15) is 5.26 Å². The molecule has 1 N–H and O–H groups in total. The third-order valence-corrected chi connectivity index (χ3v) is 5.67. The first-order chi connectivity index (χ1) is 15.9. The van der Waals surface area contributed by atoms with Crippen LogP contribution < -0.4 is 14.8 Å². The van der Waals surface area contributed by atoms with Crippen molar-refractivity contribution in [1.29, 1.82) is 5.26 Å². The Bertz CT molecular complexity index is 1200. The standard InChI is InChI=1S/C26H22ClIN2O3/c1-3-32-24-14-19(12-20(15-29)26(31)30-22-10-8-21(27)9-11-22)13-23(28)25(24)33-16-18-6-4-17(2)5-7-18/h4-14H,3,16H2,1-2H3,(H,30,31)/b20-12-. The molecule has 0 spiro atoms. The van der Waals surface area contributed by atoms with E-state index in [2.05, 4.69) is 27.9 Å². The van der Waals surface area contributed by atoms with Gasteiger partial charge in [-0.15, -0.1) is 0 Å². The van der Waals surface area contributed by atoms with Gasteiger partial charge in [-0.25, -0.2) is 0 Å². The molecule has 7 heteroatoms. The molecule has 33 heavy (non-hydrogen) atoms. The van der Waals surface area contributed by atoms with Crippen molar-refractivity contribution in [2.75, 3.05) is 11.9 Å². The Hall–Kier alpha value is -3.02. The van der Waals surface area contributed by atoms with E-state index in [9.17, 15) is 10.1 Å². The Balaban J connectivity index is 1.83. The van der Waals surface area contributed by atoms with Crippen molar-refractivity contribution in [3.63, 3.8) is 0 Å². The predicted molar refractivity (Wildman–Crippen MR) is 140 cm³/mol. The van der Waals surface area contributed by atoms with Crippen LogP contribution in [0, 0.1) is 21.8 Å². The number of rotatable bonds is 8. The van der Waals surface area contributed by atoms with E-state index in [1.807, 2.05) is 50.2 Å². The smallest absolute Gasteiger partial charge is 0.266 e. The highest BCUT2D eigenvalue weighted by atomic mass is 127. The van der Waals surface area contributed by atoms with Crippen LogP contribution in [0.5, 0.6) is 11.5 Å². The first-order valence-corrected chi connectivity index (χ1v) is 11.7. The number of halogens is 2. The van der Waals surface area contributed by atoms with Crippen LogP contribution in [0.1, 0.15) is 23.6 Å². The van der Waals surface area contributed by atoms with Gasteiger partial charge in [0, 0.05) is 10.7 Å². The zero-order chi connectivity index (χ0) is 23.8. The molecule has 0 saturated heterocycles. The normalized spacial score (nSPS) is 10.9. The lowest BCUT2D eigenvalue weighted by Gasteiger charge is -2.15. The van der Waals surface area contributed by atoms with Crippen LogP contribution in [0.25, 0.3) is 6.08 Å². The van der Waals surface area contributed by atoms with Gasteiger partial charge < -0.3 is 14.8 Å². The highest BCUT2D eigenvalue weighted by Gasteiger charge is 2.15. The predicted octanol–water partition coefficient (Wildman–Crippen LogP) is 6.78. The minimum atomic E-state index is -0.507. The maximum atomic E-state index is 12.6. The molecule has 0 fully saturated rings. The minimum absolute atomic E-state index is 0.0310. The largest absolute Gasteiger partial charge is 0.490 e. The quantitative estimate of drug-likeness (QED) is 0.184. The number of hydrogen-bond donors (Lipinski definition) is 1. The third kappa shape index (κ3) is 6.98. The van der Waals surface area contributed by atoms with Crippen LogP contribution in [0.4, 0.5) is 5.69 Å². The van der Waals surface area contributed by atoms with Gasteiger partial charge in [0.15, 0.2) is 11.5 Å². The molecular formula is C26H22ClIN2O3. The topological polar surface area (TPSA) is 71.3 Å². The summed E-state index contributed by atoms with van der Waals surface area (Å²) in [6.45, 7) is 4.78. The van der Waals surface area contributed by atoms with E-state index < -0.39 is 5.91 Å². The minimum Gasteiger partial charge on any atom is -0.490 e. The van der Waals surface area contributed by atoms with Crippen molar-refractivity contribution in [3.8, 4) is 17.6 Å². The maximum absolute atomic E-state index is 12.6. The number of ether oxygens (including phenoxy) is 2. The van der Waals surface area contributed by atoms with E-state index in [4.69, 9.17) is 21.1 Å². The molecule has 0 unspecified atom stereocenters. The molecule has 0 aliphatic carbocycles. The van der Waals surface area contributed by atoms with Crippen LogP contribution in [0.3, 0.4) is 0 Å². The summed E-state index contributed by atoms with van der Waals surface area (Å²) in [6, 6.07) is 20.4. The van der Waals surface area contributed by atoms with E-state index in [0.717, 1.165) is 9.13 Å². The van der Waals surface area contributed by atoms with E-state index in [1.165, 1.54) is 11.6 Å². The monoisotopic (exact) mass is 572 g/mol. The molecule has 0 radical (unpaired) electrons. The first kappa shape index (κ1) is 24.6. The summed E-state index contributed by atoms with van der Waals surface area (Å²) in [7, 11) is 0. The second-order valence-electron chi connectivity index (χ2n) is 7.17. The van der Waals surface area contributed by atoms with Crippen molar-refractivity contribution in [3.05, 3.63) is 91.5 Å². The molecule has 1 amide bonds. The van der Waals surface area contributed by atoms with E-state index in [0.29, 0.717) is 41.0 Å². The zero-order valence-electron chi connectivity index (χ0n) is 18.2. The summed E-state index contributed by atoms with van der Waals surface area (Å²) >= 11 is 8.04. The Morgan fingerprint density at radius 3 is 2.45 bits per heavy atom. The van der Waals surface area contributed by atoms with Crippen molar-refractivity contribution in [2.45, 2.75) is 20.5 Å². The summed E-state index contributed by atoms with van der Waals surface area (Å²) < 4.78 is 12.7. The lowest BCUT2D eigenvalue weighted by atomic mass is 10.1. The van der Waals surface area contributed by atoms with Gasteiger partial charge in [0.05, 0.1) is 10.2 Å². The summed E-state index contributed by atoms with van der Waals surface area (Å²) in [5, 5.41) is 12.8. The molecule has 0 aliphatic heterocycles. The molecule has 0 atom stereocenters. The average molecular weight is 573 g/mol. The molecule has 168 valence electrons. The number of nitrogens with one attached hydrogen (secondary N) is 1. The number of nitrogens with zero attached hydrogens (tertiary/aromatic N) is 1. The Labute approximate surface area is 212 Å². The second-order valence-corrected chi connectivity index (χ2v) is 8.77. The molecule has 3 rings (SSSR count). The van der Waals surface area contributed by atoms with Crippen LogP contribution in [-0.2, 0) is 11.4 Å². The lowest BCUT2D eigenvalue weighted by molar-refractivity contribution is -0.112. The molecule has 0 heterocycles. The number of carbonyl (C=O) groups excluding carboxylic acids is 1. The molecule has 0 aromatic heterocycles. The molecule has 3 aromatic carbocycles. The van der Waals surface area contributed by atoms with Crippen molar-refractivity contribution in [1.82, 2.24) is 0 Å². The van der Waals surface area contributed by atoms with Crippen molar-refractivity contribution >= 4 is 51.9 Å². The molecule has 0 bridgehead atoms. The van der Waals surface area contributed by atoms with Gasteiger partial charge in [-0.1, -0.05) is 41.4 Å². The number of hydrogen-bond acceptors (Lipinski definition) is 4. The lowest BCUT2D eigenvalue weighted by Crippen LogP contribution is -2.13. The second kappa shape index (κ2) is 11.7. The summed E-state index contributed by atoms with van der Waals surface area (Å²) in [5.41, 5.74) is 3.42. The van der Waals surface area contributed by atoms with E-state index >= 15 is 0 Å². The third-order valence-electron chi connectivity index (χ3n) is 4.61. The molecule has 5 nitrogen and oxygen atoms in total. The SMILES string of the molecule is CCOc1cc(/C=C(/C#N)C(=O)Nc2ccc(Cl)cc2)cc(I)c1OCc1ccc(C)cc1. The van der Waals surface area contributed by atoms with E-state index in [-0.39, 0.29) is 5.57 Å². The van der Waals surface area contributed by atoms with Crippen LogP contribution in [0.2, 0.25) is 5.02 Å². The van der Waals surface area contributed by atoms with Gasteiger partial charge >= 0.3 is 0 Å². The van der Waals surface area contributed by atoms with Crippen LogP contribution >= 0.6 is 34.2 Å². The number of aryl methyl sites for hydroxylation is 1. The van der Waals surface area contributed by atoms with Crippen molar-refractivity contribution < 1.29 is 14.3 Å². The van der Waals surface area contributed by atoms with Gasteiger partial charge in [0.2, 0.25) is 0 Å². The maximum Gasteiger partial charge on any atom is 0.266 e. The zero-order valence-corrected chi connectivity index (χ0v) is 21.1. The fourth-order valence-corrected chi connectivity index (χ4v) is 3.87. The summed E-state index contributed by atoms with van der Waals surface area (Å²) in [5.74, 6) is 0.671. The van der Waals surface area contributed by atoms with E-state index in [1.54, 1.807) is 30.3 Å². The molecule has 0 saturated carbocycles. The number of nitriles is 1. The summed E-state index contributed by atoms with van der Waals surface area (Å²) in [6.07, 6.45) is 1.53. The molecule has 0 aliphatic rings. The first-order valence-electron chi connectivity index (χ1n) is 10.2. The van der Waals surface area contributed by atoms with Crippen LogP contribution in [0.15, 0.2) is 66.2 Å². The Morgan fingerprint density at radius 2 is 1.82 bits per heavy atom. The highest BCUT2D eigenvalue weighted by Crippen LogP contribution is 2.35. The summed E-state index contributed by atoms with van der Waals surface area (Å²) in [4.78, 5) is 12.6. The number of amides is 1. The van der Waals surface area contributed by atoms with Gasteiger partial charge in [0.25, 0.3) is 5.91 Å². The molecular weight excluding hydrogens is 551 g/mol. The van der Waals surface area contributed by atoms with Gasteiger partial charge in [0.1, 0.15) is 18.2 Å². The van der Waals surface area contributed by atoms with Crippen LogP contribution in [-0.4, -0.2) is 12.5 Å². The highest BCUT2D eigenvalue weighted by molar-refractivity contribution is 14.1. The van der Waals surface area contributed by atoms with Gasteiger partial charge in [-0.05, 0) is 90.0 Å². The van der Waals surface area contributed by atoms with Gasteiger partial charge in [-0.3, -0.25) is 4.79 Å². The average Bonchev–Trinajstić information content (AvgIpc) is 2.79. The number of carbonyl (C=O) groups is 1. The Morgan fingerprint density at radius 1 is 1.12 bits per heavy atom. The Kier molecular flexibility index (Phi) is 8.75. The van der Waals surface area contributed by atoms with Crippen molar-refractivity contribution in [2.24, 2.45) is 0 Å². The fraction of sp³-hybridized carbons (Fsp3) is 0.154.